The molecule has 4 N–H and O–H groups in total. The number of rotatable bonds is 9. The number of carbonyl (C=O) groups is 3. The number of nitrogens with zero attached hydrogens (tertiary/aromatic N) is 1. The molecule has 0 bridgehead atoms. The smallest absolute Gasteiger partial charge is 0.294 e. The number of hydrogen-bond acceptors (Lipinski definition) is 6. The Kier molecular flexibility index (Phi) is 8.49. The van der Waals surface area contributed by atoms with Gasteiger partial charge in [-0.1, -0.05) is 36.4 Å². The molecule has 0 aromatic heterocycles. The zero-order valence-corrected chi connectivity index (χ0v) is 22.3. The Morgan fingerprint density at radius 3 is 2.26 bits per heavy atom. The van der Waals surface area contributed by atoms with Crippen molar-refractivity contribution in [1.82, 2.24) is 20.9 Å². The third-order valence-corrected chi connectivity index (χ3v) is 8.21. The monoisotopic (exact) mass is 542 g/mol. The molecule has 2 aromatic carbocycles. The highest BCUT2D eigenvalue weighted by Gasteiger charge is 2.39. The zero-order chi connectivity index (χ0) is 27.4. The molecule has 0 radical (unpaired) electrons. The summed E-state index contributed by atoms with van der Waals surface area (Å²) in [6.45, 7) is 2.07. The Labute approximate surface area is 222 Å². The molecule has 2 aromatic rings. The molecule has 38 heavy (non-hydrogen) atoms. The number of likely N-dealkylation sites (tertiary alicyclic amines) is 1. The van der Waals surface area contributed by atoms with Gasteiger partial charge in [0.15, 0.2) is 0 Å². The van der Waals surface area contributed by atoms with Gasteiger partial charge in [0, 0.05) is 19.0 Å². The molecule has 0 unspecified atom stereocenters. The number of carbonyl (C=O) groups excluding carboxylic acids is 3. The molecule has 0 saturated carbocycles. The standard InChI is InChI=1S/C27H34N4O6S/c1-17(28-2)25(32)30-23(14-18-9-11-22(12-10-18)38(35,36)37)27(34)31-13-5-8-24(31)26(33)29-21-15-19-6-3-4-7-20(19)16-21/h3-4,6-7,9-12,17,21,23-24,28H,5,8,13-16H2,1-2H3,(H,29,33)(H,30,32)(H,35,36,37)/t17-,23-,24-/m0/s1. The van der Waals surface area contributed by atoms with Crippen LogP contribution >= 0.6 is 0 Å². The lowest BCUT2D eigenvalue weighted by atomic mass is 10.0. The lowest BCUT2D eigenvalue weighted by molar-refractivity contribution is -0.141. The predicted molar refractivity (Wildman–Crippen MR) is 141 cm³/mol. The van der Waals surface area contributed by atoms with Crippen LogP contribution in [0.4, 0.5) is 0 Å². The second-order valence-electron chi connectivity index (χ2n) is 9.97. The SMILES string of the molecule is CN[C@@H](C)C(=O)N[C@@H](Cc1ccc(S(=O)(=O)O)cc1)C(=O)N1CCC[C@H]1C(=O)NC1Cc2ccccc2C1. The van der Waals surface area contributed by atoms with E-state index in [9.17, 15) is 27.4 Å². The van der Waals surface area contributed by atoms with Gasteiger partial charge in [-0.15, -0.1) is 0 Å². The number of likely N-dealkylation sites (N-methyl/N-ethyl adjacent to an activating group) is 1. The summed E-state index contributed by atoms with van der Waals surface area (Å²) in [7, 11) is -2.72. The van der Waals surface area contributed by atoms with Crippen molar-refractivity contribution >= 4 is 27.8 Å². The van der Waals surface area contributed by atoms with Crippen LogP contribution in [-0.4, -0.2) is 73.4 Å². The van der Waals surface area contributed by atoms with Gasteiger partial charge in [-0.2, -0.15) is 8.42 Å². The number of amides is 3. The van der Waals surface area contributed by atoms with Crippen LogP contribution in [0.25, 0.3) is 0 Å². The first-order chi connectivity index (χ1) is 18.1. The van der Waals surface area contributed by atoms with E-state index in [1.807, 2.05) is 12.1 Å². The molecule has 11 heteroatoms. The maximum absolute atomic E-state index is 13.7. The first kappa shape index (κ1) is 27.7. The van der Waals surface area contributed by atoms with Crippen LogP contribution in [0.15, 0.2) is 53.4 Å². The zero-order valence-electron chi connectivity index (χ0n) is 21.5. The van der Waals surface area contributed by atoms with E-state index >= 15 is 0 Å². The molecule has 0 spiro atoms. The second-order valence-corrected chi connectivity index (χ2v) is 11.4. The highest BCUT2D eigenvalue weighted by atomic mass is 32.2. The minimum Gasteiger partial charge on any atom is -0.351 e. The van der Waals surface area contributed by atoms with Gasteiger partial charge < -0.3 is 20.9 Å². The van der Waals surface area contributed by atoms with Crippen molar-refractivity contribution < 1.29 is 27.4 Å². The van der Waals surface area contributed by atoms with E-state index in [0.29, 0.717) is 24.9 Å². The Bertz CT molecular complexity index is 1270. The fraction of sp³-hybridized carbons (Fsp3) is 0.444. The molecule has 204 valence electrons. The average molecular weight is 543 g/mol. The van der Waals surface area contributed by atoms with Gasteiger partial charge in [-0.05, 0) is 68.5 Å². The molecule has 4 rings (SSSR count). The third kappa shape index (κ3) is 6.40. The van der Waals surface area contributed by atoms with Gasteiger partial charge in [0.2, 0.25) is 17.7 Å². The van der Waals surface area contributed by atoms with E-state index in [-0.39, 0.29) is 35.1 Å². The minimum absolute atomic E-state index is 0.0225. The van der Waals surface area contributed by atoms with E-state index in [1.54, 1.807) is 18.9 Å². The summed E-state index contributed by atoms with van der Waals surface area (Å²) in [5, 5.41) is 8.76. The van der Waals surface area contributed by atoms with E-state index in [1.165, 1.54) is 35.4 Å². The lowest BCUT2D eigenvalue weighted by Crippen LogP contribution is -2.56. The van der Waals surface area contributed by atoms with Crippen molar-refractivity contribution in [1.29, 1.82) is 0 Å². The number of hydrogen-bond donors (Lipinski definition) is 4. The van der Waals surface area contributed by atoms with Gasteiger partial charge in [-0.3, -0.25) is 18.9 Å². The summed E-state index contributed by atoms with van der Waals surface area (Å²) in [5.74, 6) is -0.933. The molecule has 1 saturated heterocycles. The number of benzene rings is 2. The summed E-state index contributed by atoms with van der Waals surface area (Å²) in [5.41, 5.74) is 3.04. The van der Waals surface area contributed by atoms with Crippen LogP contribution in [-0.2, 0) is 43.8 Å². The van der Waals surface area contributed by atoms with Crippen molar-refractivity contribution in [2.24, 2.45) is 0 Å². The van der Waals surface area contributed by atoms with Crippen molar-refractivity contribution in [2.45, 2.75) is 68.1 Å². The van der Waals surface area contributed by atoms with Crippen LogP contribution in [0.2, 0.25) is 0 Å². The predicted octanol–water partition coefficient (Wildman–Crippen LogP) is 0.843. The van der Waals surface area contributed by atoms with Gasteiger partial charge in [-0.25, -0.2) is 0 Å². The van der Waals surface area contributed by atoms with Crippen LogP contribution < -0.4 is 16.0 Å². The van der Waals surface area contributed by atoms with Gasteiger partial charge in [0.25, 0.3) is 10.1 Å². The topological polar surface area (TPSA) is 145 Å². The first-order valence-corrected chi connectivity index (χ1v) is 14.2. The van der Waals surface area contributed by atoms with Crippen molar-refractivity contribution in [3.63, 3.8) is 0 Å². The Morgan fingerprint density at radius 1 is 1.05 bits per heavy atom. The molecule has 1 fully saturated rings. The van der Waals surface area contributed by atoms with E-state index < -0.39 is 28.2 Å². The Balaban J connectivity index is 1.48. The minimum atomic E-state index is -4.35. The molecule has 10 nitrogen and oxygen atoms in total. The van der Waals surface area contributed by atoms with Gasteiger partial charge >= 0.3 is 0 Å². The summed E-state index contributed by atoms with van der Waals surface area (Å²) in [4.78, 5) is 41.0. The van der Waals surface area contributed by atoms with Gasteiger partial charge in [0.05, 0.1) is 10.9 Å². The Hall–Kier alpha value is -3.28. The van der Waals surface area contributed by atoms with Crippen molar-refractivity contribution in [3.05, 3.63) is 65.2 Å². The van der Waals surface area contributed by atoms with E-state index in [2.05, 4.69) is 28.1 Å². The number of nitrogens with one attached hydrogen (secondary N) is 3. The van der Waals surface area contributed by atoms with Crippen LogP contribution in [0.1, 0.15) is 36.5 Å². The molecular formula is C27H34N4O6S. The molecule has 1 aliphatic heterocycles. The van der Waals surface area contributed by atoms with E-state index in [4.69, 9.17) is 0 Å². The third-order valence-electron chi connectivity index (χ3n) is 7.34. The largest absolute Gasteiger partial charge is 0.351 e. The van der Waals surface area contributed by atoms with E-state index in [0.717, 1.165) is 12.8 Å². The molecular weight excluding hydrogens is 508 g/mol. The summed E-state index contributed by atoms with van der Waals surface area (Å²) in [6, 6.07) is 11.4. The maximum atomic E-state index is 13.7. The molecule has 1 heterocycles. The van der Waals surface area contributed by atoms with Crippen LogP contribution in [0.5, 0.6) is 0 Å². The normalized spacial score (nSPS) is 19.0. The number of fused-ring (bicyclic) bond motifs is 1. The van der Waals surface area contributed by atoms with Gasteiger partial charge in [0.1, 0.15) is 12.1 Å². The molecule has 2 aliphatic rings. The van der Waals surface area contributed by atoms with Crippen LogP contribution in [0.3, 0.4) is 0 Å². The molecule has 1 aliphatic carbocycles. The fourth-order valence-corrected chi connectivity index (χ4v) is 5.60. The fourth-order valence-electron chi connectivity index (χ4n) is 5.12. The first-order valence-electron chi connectivity index (χ1n) is 12.8. The molecule has 3 amide bonds. The lowest BCUT2D eigenvalue weighted by Gasteiger charge is -2.30. The maximum Gasteiger partial charge on any atom is 0.294 e. The quantitative estimate of drug-likeness (QED) is 0.344. The summed E-state index contributed by atoms with van der Waals surface area (Å²) in [6.07, 6.45) is 2.81. The molecule has 3 atom stereocenters. The summed E-state index contributed by atoms with van der Waals surface area (Å²) >= 11 is 0. The van der Waals surface area contributed by atoms with Crippen molar-refractivity contribution in [3.8, 4) is 0 Å². The Morgan fingerprint density at radius 2 is 1.68 bits per heavy atom. The summed E-state index contributed by atoms with van der Waals surface area (Å²) < 4.78 is 32.0. The highest BCUT2D eigenvalue weighted by Crippen LogP contribution is 2.24. The van der Waals surface area contributed by atoms with Crippen molar-refractivity contribution in [2.75, 3.05) is 13.6 Å². The average Bonchev–Trinajstić information content (AvgIpc) is 3.54. The highest BCUT2D eigenvalue weighted by molar-refractivity contribution is 7.85. The van der Waals surface area contributed by atoms with Crippen LogP contribution in [0, 0.1) is 0 Å². The second kappa shape index (κ2) is 11.6.